The Kier molecular flexibility index (Phi) is 10.5. The summed E-state index contributed by atoms with van der Waals surface area (Å²) in [5.74, 6) is 0.320. The lowest BCUT2D eigenvalue weighted by molar-refractivity contribution is -0.133. The van der Waals surface area contributed by atoms with Gasteiger partial charge in [0.25, 0.3) is 10.1 Å². The first kappa shape index (κ1) is 31.0. The van der Waals surface area contributed by atoms with Crippen LogP contribution in [0.2, 0.25) is 10.0 Å². The number of nitrogens with zero attached hydrogens (tertiary/aromatic N) is 3. The Morgan fingerprint density at radius 2 is 1.93 bits per heavy atom. The lowest BCUT2D eigenvalue weighted by Crippen LogP contribution is -2.42. The number of rotatable bonds is 12. The van der Waals surface area contributed by atoms with Crippen molar-refractivity contribution in [1.82, 2.24) is 14.9 Å². The first-order chi connectivity index (χ1) is 19.6. The van der Waals surface area contributed by atoms with E-state index in [4.69, 9.17) is 36.9 Å². The van der Waals surface area contributed by atoms with Crippen molar-refractivity contribution in [3.63, 3.8) is 0 Å². The van der Waals surface area contributed by atoms with Gasteiger partial charge < -0.3 is 19.7 Å². The molecular formula is C27H31Cl2FN4O6S. The minimum atomic E-state index is -3.61. The van der Waals surface area contributed by atoms with Crippen molar-refractivity contribution in [2.45, 2.75) is 45.1 Å². The van der Waals surface area contributed by atoms with Crippen LogP contribution in [0.1, 0.15) is 39.0 Å². The quantitative estimate of drug-likeness (QED) is 0.198. The van der Waals surface area contributed by atoms with Crippen molar-refractivity contribution in [2.75, 3.05) is 37.9 Å². The van der Waals surface area contributed by atoms with E-state index in [2.05, 4.69) is 15.3 Å². The average molecular weight is 630 g/mol. The van der Waals surface area contributed by atoms with Gasteiger partial charge in [0.1, 0.15) is 18.2 Å². The third-order valence-corrected chi connectivity index (χ3v) is 8.72. The second-order valence-corrected chi connectivity index (χ2v) is 12.0. The van der Waals surface area contributed by atoms with Crippen LogP contribution < -0.4 is 14.8 Å². The zero-order chi connectivity index (χ0) is 29.6. The Morgan fingerprint density at radius 3 is 2.63 bits per heavy atom. The van der Waals surface area contributed by atoms with Gasteiger partial charge in [-0.05, 0) is 24.6 Å². The first-order valence-electron chi connectivity index (χ1n) is 13.2. The van der Waals surface area contributed by atoms with Gasteiger partial charge in [0.2, 0.25) is 5.91 Å². The molecule has 10 nitrogen and oxygen atoms in total. The van der Waals surface area contributed by atoms with Crippen molar-refractivity contribution in [2.24, 2.45) is 0 Å². The fourth-order valence-electron chi connectivity index (χ4n) is 4.36. The second-order valence-electron chi connectivity index (χ2n) is 9.48. The maximum absolute atomic E-state index is 14.7. The normalized spacial score (nSPS) is 14.3. The molecular weight excluding hydrogens is 598 g/mol. The largest absolute Gasteiger partial charge is 0.493 e. The van der Waals surface area contributed by atoms with Crippen LogP contribution in [0.3, 0.4) is 0 Å². The van der Waals surface area contributed by atoms with Gasteiger partial charge in [-0.15, -0.1) is 0 Å². The number of carbonyl (C=O) groups is 1. The number of ether oxygens (including phenoxy) is 2. The topological polar surface area (TPSA) is 120 Å². The maximum atomic E-state index is 14.7. The average Bonchev–Trinajstić information content (AvgIpc) is 2.96. The van der Waals surface area contributed by atoms with E-state index in [1.807, 2.05) is 6.92 Å². The highest BCUT2D eigenvalue weighted by atomic mass is 35.5. The highest BCUT2D eigenvalue weighted by Crippen LogP contribution is 2.37. The molecule has 1 aliphatic rings. The maximum Gasteiger partial charge on any atom is 0.267 e. The number of hydrogen-bond donors (Lipinski definition) is 1. The number of nitrogens with one attached hydrogen (secondary N) is 1. The number of piperidine rings is 1. The van der Waals surface area contributed by atoms with Crippen molar-refractivity contribution in [3.05, 3.63) is 46.5 Å². The van der Waals surface area contributed by atoms with E-state index < -0.39 is 15.9 Å². The molecule has 2 aromatic carbocycles. The lowest BCUT2D eigenvalue weighted by atomic mass is 10.1. The molecule has 1 N–H and O–H groups in total. The highest BCUT2D eigenvalue weighted by Gasteiger charge is 2.26. The number of methoxy groups -OCH3 is 1. The fourth-order valence-corrected chi connectivity index (χ4v) is 5.77. The Hall–Kier alpha value is -2.93. The van der Waals surface area contributed by atoms with Crippen molar-refractivity contribution in [1.29, 1.82) is 0 Å². The third-order valence-electron chi connectivity index (χ3n) is 6.62. The Morgan fingerprint density at radius 1 is 1.17 bits per heavy atom. The second kappa shape index (κ2) is 13.8. The summed E-state index contributed by atoms with van der Waals surface area (Å²) < 4.78 is 55.1. The number of anilines is 2. The Balaban J connectivity index is 1.41. The number of fused-ring (bicyclic) bond motifs is 1. The number of carbonyl (C=O) groups excluding carboxylic acids is 1. The van der Waals surface area contributed by atoms with Gasteiger partial charge >= 0.3 is 0 Å². The molecule has 222 valence electrons. The van der Waals surface area contributed by atoms with Crippen LogP contribution in [0.15, 0.2) is 30.6 Å². The van der Waals surface area contributed by atoms with E-state index in [0.717, 1.165) is 6.42 Å². The summed E-state index contributed by atoms with van der Waals surface area (Å²) in [6.07, 6.45) is 3.52. The number of benzene rings is 2. The van der Waals surface area contributed by atoms with Crippen LogP contribution in [-0.4, -0.2) is 67.9 Å². The van der Waals surface area contributed by atoms with E-state index >= 15 is 0 Å². The van der Waals surface area contributed by atoms with Crippen molar-refractivity contribution in [3.8, 4) is 11.5 Å². The number of amides is 1. The third kappa shape index (κ3) is 7.88. The number of unbranched alkanes of at least 4 members (excludes halogenated alkanes) is 1. The summed E-state index contributed by atoms with van der Waals surface area (Å²) in [7, 11) is -2.09. The molecule has 14 heteroatoms. The summed E-state index contributed by atoms with van der Waals surface area (Å²) in [5.41, 5.74) is 0.644. The summed E-state index contributed by atoms with van der Waals surface area (Å²) in [6.45, 7) is 2.64. The molecule has 4 rings (SSSR count). The standard InChI is InChI=1S/C27H31Cl2FN4O6S/c1-3-4-13-41(36,37)39-12-9-24(35)34-10-7-17(8-11-34)40-23-14-18-21(15-22(23)38-2)31-16-32-27(18)33-20-6-5-19(28)25(29)26(20)30/h5-6,14-17H,3-4,7-13H2,1-2H3,(H,31,32,33). The number of halogens is 3. The molecule has 1 fully saturated rings. The Bertz CT molecular complexity index is 1500. The summed E-state index contributed by atoms with van der Waals surface area (Å²) in [4.78, 5) is 22.8. The zero-order valence-corrected chi connectivity index (χ0v) is 25.0. The molecule has 0 radical (unpaired) electrons. The van der Waals surface area contributed by atoms with Crippen molar-refractivity contribution >= 4 is 61.6 Å². The van der Waals surface area contributed by atoms with Gasteiger partial charge in [-0.1, -0.05) is 36.5 Å². The molecule has 0 saturated carbocycles. The number of aromatic nitrogens is 2. The Labute approximate surface area is 248 Å². The van der Waals surface area contributed by atoms with Gasteiger partial charge in [0.15, 0.2) is 17.3 Å². The number of likely N-dealkylation sites (tertiary alicyclic amines) is 1. The van der Waals surface area contributed by atoms with Crippen LogP contribution in [0, 0.1) is 5.82 Å². The molecule has 1 saturated heterocycles. The van der Waals surface area contributed by atoms with Crippen LogP contribution in [0.4, 0.5) is 15.9 Å². The highest BCUT2D eigenvalue weighted by molar-refractivity contribution is 7.86. The summed E-state index contributed by atoms with van der Waals surface area (Å²) in [6, 6.07) is 6.37. The van der Waals surface area contributed by atoms with Crippen LogP contribution in [-0.2, 0) is 19.1 Å². The van der Waals surface area contributed by atoms with Crippen LogP contribution in [0.25, 0.3) is 10.9 Å². The van der Waals surface area contributed by atoms with Gasteiger partial charge in [-0.3, -0.25) is 8.98 Å². The molecule has 0 bridgehead atoms. The minimum absolute atomic E-state index is 0.00935. The molecule has 0 unspecified atom stereocenters. The van der Waals surface area contributed by atoms with Gasteiger partial charge in [0.05, 0.1) is 47.1 Å². The molecule has 0 aliphatic carbocycles. The van der Waals surface area contributed by atoms with Crippen LogP contribution in [0.5, 0.6) is 11.5 Å². The van der Waals surface area contributed by atoms with E-state index in [1.165, 1.54) is 25.6 Å². The van der Waals surface area contributed by atoms with E-state index in [0.29, 0.717) is 60.6 Å². The van der Waals surface area contributed by atoms with Gasteiger partial charge in [-0.2, -0.15) is 8.42 Å². The van der Waals surface area contributed by atoms with E-state index in [1.54, 1.807) is 17.0 Å². The predicted molar refractivity (Wildman–Crippen MR) is 155 cm³/mol. The summed E-state index contributed by atoms with van der Waals surface area (Å²) >= 11 is 11.9. The SMILES string of the molecule is CCCCS(=O)(=O)OCCC(=O)N1CCC(Oc2cc3c(Nc4ccc(Cl)c(Cl)c4F)ncnc3cc2OC)CC1. The lowest BCUT2D eigenvalue weighted by Gasteiger charge is -2.32. The molecule has 2 heterocycles. The predicted octanol–water partition coefficient (Wildman–Crippen LogP) is 5.73. The molecule has 41 heavy (non-hydrogen) atoms. The van der Waals surface area contributed by atoms with Crippen LogP contribution >= 0.6 is 23.2 Å². The smallest absolute Gasteiger partial charge is 0.267 e. The summed E-state index contributed by atoms with van der Waals surface area (Å²) in [5, 5.41) is 3.41. The zero-order valence-electron chi connectivity index (χ0n) is 22.7. The van der Waals surface area contributed by atoms with E-state index in [9.17, 15) is 17.6 Å². The van der Waals surface area contributed by atoms with Crippen molar-refractivity contribution < 1.29 is 31.3 Å². The van der Waals surface area contributed by atoms with Gasteiger partial charge in [0, 0.05) is 37.4 Å². The molecule has 1 aromatic heterocycles. The van der Waals surface area contributed by atoms with E-state index in [-0.39, 0.29) is 46.5 Å². The fraction of sp³-hybridized carbons (Fsp3) is 0.444. The molecule has 1 amide bonds. The first-order valence-corrected chi connectivity index (χ1v) is 15.5. The molecule has 3 aromatic rings. The molecule has 0 spiro atoms. The molecule has 0 atom stereocenters. The molecule has 1 aliphatic heterocycles. The minimum Gasteiger partial charge on any atom is -0.493 e. The monoisotopic (exact) mass is 628 g/mol. The van der Waals surface area contributed by atoms with Gasteiger partial charge in [-0.25, -0.2) is 14.4 Å². The number of hydrogen-bond acceptors (Lipinski definition) is 9.